The van der Waals surface area contributed by atoms with Gasteiger partial charge < -0.3 is 19.9 Å². The summed E-state index contributed by atoms with van der Waals surface area (Å²) in [5.41, 5.74) is 5.78. The van der Waals surface area contributed by atoms with Gasteiger partial charge in [0.25, 0.3) is 0 Å². The first-order chi connectivity index (χ1) is 9.10. The predicted octanol–water partition coefficient (Wildman–Crippen LogP) is 0.575. The molecule has 0 atom stereocenters. The number of hydrogen-bond acceptors (Lipinski definition) is 6. The molecule has 2 aromatic rings. The zero-order chi connectivity index (χ0) is 13.8. The van der Waals surface area contributed by atoms with Gasteiger partial charge in [-0.25, -0.2) is 15.0 Å². The fraction of sp³-hybridized carbons (Fsp3) is 0.417. The summed E-state index contributed by atoms with van der Waals surface area (Å²) < 4.78 is 7.00. The van der Waals surface area contributed by atoms with Crippen LogP contribution in [0.3, 0.4) is 0 Å². The molecule has 0 amide bonds. The van der Waals surface area contributed by atoms with Gasteiger partial charge in [0.2, 0.25) is 0 Å². The van der Waals surface area contributed by atoms with Crippen LogP contribution in [-0.4, -0.2) is 33.7 Å². The first-order valence-electron chi connectivity index (χ1n) is 5.90. The summed E-state index contributed by atoms with van der Waals surface area (Å²) in [7, 11) is 5.50. The van der Waals surface area contributed by atoms with E-state index in [1.165, 1.54) is 0 Å². The predicted molar refractivity (Wildman–Crippen MR) is 72.5 cm³/mol. The Morgan fingerprint density at radius 2 is 2.21 bits per heavy atom. The number of nitrogen functional groups attached to an aromatic ring is 1. The molecule has 102 valence electrons. The summed E-state index contributed by atoms with van der Waals surface area (Å²) >= 11 is 0. The van der Waals surface area contributed by atoms with Gasteiger partial charge in [-0.3, -0.25) is 0 Å². The van der Waals surface area contributed by atoms with E-state index in [4.69, 9.17) is 10.5 Å². The van der Waals surface area contributed by atoms with Crippen molar-refractivity contribution in [1.82, 2.24) is 19.5 Å². The van der Waals surface area contributed by atoms with Crippen LogP contribution in [0.2, 0.25) is 0 Å². The number of anilines is 2. The highest BCUT2D eigenvalue weighted by Crippen LogP contribution is 2.15. The van der Waals surface area contributed by atoms with Gasteiger partial charge in [0.1, 0.15) is 24.1 Å². The zero-order valence-electron chi connectivity index (χ0n) is 11.4. The zero-order valence-corrected chi connectivity index (χ0v) is 11.4. The third-order valence-corrected chi connectivity index (χ3v) is 2.74. The van der Waals surface area contributed by atoms with Crippen LogP contribution in [0.4, 0.5) is 11.6 Å². The number of aromatic nitrogens is 4. The molecular weight excluding hydrogens is 244 g/mol. The van der Waals surface area contributed by atoms with Crippen molar-refractivity contribution in [3.05, 3.63) is 30.1 Å². The molecule has 2 rings (SSSR count). The number of methoxy groups -OCH3 is 1. The van der Waals surface area contributed by atoms with Gasteiger partial charge in [-0.1, -0.05) is 0 Å². The minimum Gasteiger partial charge on any atom is -0.384 e. The number of hydrogen-bond donors (Lipinski definition) is 1. The molecule has 7 nitrogen and oxygen atoms in total. The molecule has 0 aliphatic heterocycles. The van der Waals surface area contributed by atoms with Gasteiger partial charge in [-0.05, 0) is 0 Å². The second-order valence-electron chi connectivity index (χ2n) is 4.31. The number of rotatable bonds is 5. The molecule has 7 heteroatoms. The molecule has 0 saturated carbocycles. The van der Waals surface area contributed by atoms with E-state index in [-0.39, 0.29) is 0 Å². The average molecular weight is 262 g/mol. The summed E-state index contributed by atoms with van der Waals surface area (Å²) in [5.74, 6) is 2.71. The lowest BCUT2D eigenvalue weighted by atomic mass is 10.4. The number of imidazole rings is 1. The minimum atomic E-state index is 0.342. The van der Waals surface area contributed by atoms with Crippen LogP contribution >= 0.6 is 0 Å². The number of nitrogens with zero attached hydrogens (tertiary/aromatic N) is 5. The minimum absolute atomic E-state index is 0.342. The van der Waals surface area contributed by atoms with Crippen molar-refractivity contribution in [1.29, 1.82) is 0 Å². The van der Waals surface area contributed by atoms with Crippen molar-refractivity contribution in [2.75, 3.05) is 24.8 Å². The first-order valence-corrected chi connectivity index (χ1v) is 5.90. The molecular formula is C12H18N6O. The van der Waals surface area contributed by atoms with Crippen LogP contribution < -0.4 is 10.6 Å². The Kier molecular flexibility index (Phi) is 3.96. The van der Waals surface area contributed by atoms with Crippen molar-refractivity contribution in [3.8, 4) is 0 Å². The van der Waals surface area contributed by atoms with Crippen molar-refractivity contribution >= 4 is 11.6 Å². The number of nitrogens with two attached hydrogens (primary N) is 1. The van der Waals surface area contributed by atoms with Crippen LogP contribution in [0.25, 0.3) is 0 Å². The topological polar surface area (TPSA) is 82.1 Å². The summed E-state index contributed by atoms with van der Waals surface area (Å²) in [6, 6.07) is 1.74. The van der Waals surface area contributed by atoms with Crippen LogP contribution in [0.15, 0.2) is 18.5 Å². The molecule has 0 spiro atoms. The Hall–Kier alpha value is -2.15. The van der Waals surface area contributed by atoms with E-state index < -0.39 is 0 Å². The molecule has 2 N–H and O–H groups in total. The smallest absolute Gasteiger partial charge is 0.158 e. The lowest BCUT2D eigenvalue weighted by Gasteiger charge is -2.18. The molecule has 0 saturated heterocycles. The molecule has 2 aromatic heterocycles. The maximum Gasteiger partial charge on any atom is 0.158 e. The second-order valence-corrected chi connectivity index (χ2v) is 4.31. The van der Waals surface area contributed by atoms with Crippen LogP contribution in [0.5, 0.6) is 0 Å². The quantitative estimate of drug-likeness (QED) is 0.848. The number of aryl methyl sites for hydroxylation is 1. The Balaban J connectivity index is 2.18. The Labute approximate surface area is 112 Å². The van der Waals surface area contributed by atoms with Crippen molar-refractivity contribution < 1.29 is 4.74 Å². The lowest BCUT2D eigenvalue weighted by molar-refractivity contribution is 0.178. The third kappa shape index (κ3) is 3.19. The fourth-order valence-electron chi connectivity index (χ4n) is 1.73. The van der Waals surface area contributed by atoms with Crippen LogP contribution in [-0.2, 0) is 24.9 Å². The highest BCUT2D eigenvalue weighted by molar-refractivity contribution is 5.46. The third-order valence-electron chi connectivity index (χ3n) is 2.74. The summed E-state index contributed by atoms with van der Waals surface area (Å²) in [6.07, 6.45) is 3.68. The monoisotopic (exact) mass is 262 g/mol. The molecule has 0 aliphatic rings. The van der Waals surface area contributed by atoms with E-state index in [1.807, 2.05) is 29.8 Å². The highest BCUT2D eigenvalue weighted by Gasteiger charge is 2.09. The normalized spacial score (nSPS) is 10.7. The molecule has 2 heterocycles. The van der Waals surface area contributed by atoms with Crippen molar-refractivity contribution in [3.63, 3.8) is 0 Å². The molecule has 0 fully saturated rings. The number of ether oxygens (including phenoxy) is 1. The second kappa shape index (κ2) is 5.66. The Morgan fingerprint density at radius 1 is 1.42 bits per heavy atom. The summed E-state index contributed by atoms with van der Waals surface area (Å²) in [5, 5.41) is 0. The van der Waals surface area contributed by atoms with Gasteiger partial charge in [0, 0.05) is 39.7 Å². The van der Waals surface area contributed by atoms with Gasteiger partial charge in [0.05, 0.1) is 6.54 Å². The molecule has 0 aromatic carbocycles. The summed E-state index contributed by atoms with van der Waals surface area (Å²) in [6.45, 7) is 0.987. The van der Waals surface area contributed by atoms with E-state index in [0.717, 1.165) is 11.6 Å². The maximum absolute atomic E-state index is 5.78. The highest BCUT2D eigenvalue weighted by atomic mass is 16.5. The Bertz CT molecular complexity index is 553. The van der Waals surface area contributed by atoms with E-state index in [1.54, 1.807) is 19.4 Å². The van der Waals surface area contributed by atoms with Gasteiger partial charge >= 0.3 is 0 Å². The van der Waals surface area contributed by atoms with Crippen LogP contribution in [0, 0.1) is 0 Å². The lowest BCUT2D eigenvalue weighted by Crippen LogP contribution is -2.21. The van der Waals surface area contributed by atoms with E-state index in [0.29, 0.717) is 24.8 Å². The molecule has 19 heavy (non-hydrogen) atoms. The molecule has 0 unspecified atom stereocenters. The maximum atomic E-state index is 5.78. The first kappa shape index (κ1) is 13.3. The van der Waals surface area contributed by atoms with Crippen molar-refractivity contribution in [2.45, 2.75) is 13.2 Å². The largest absolute Gasteiger partial charge is 0.384 e. The van der Waals surface area contributed by atoms with E-state index in [9.17, 15) is 0 Å². The molecule has 0 bridgehead atoms. The molecule has 0 radical (unpaired) electrons. The van der Waals surface area contributed by atoms with E-state index in [2.05, 4.69) is 15.0 Å². The van der Waals surface area contributed by atoms with Gasteiger partial charge in [-0.2, -0.15) is 0 Å². The van der Waals surface area contributed by atoms with E-state index >= 15 is 0 Å². The van der Waals surface area contributed by atoms with Crippen molar-refractivity contribution in [2.24, 2.45) is 7.05 Å². The summed E-state index contributed by atoms with van der Waals surface area (Å²) in [4.78, 5) is 14.8. The average Bonchev–Trinajstić information content (AvgIpc) is 2.75. The SMILES string of the molecule is COCc1nc(N)cc(N(C)Cc2nccn2C)n1. The van der Waals surface area contributed by atoms with Gasteiger partial charge in [0.15, 0.2) is 5.82 Å². The standard InChI is InChI=1S/C12H18N6O/c1-17-5-4-14-12(17)7-18(2)11-6-9(13)15-10(16-11)8-19-3/h4-6H,7-8H2,1-3H3,(H2,13,15,16). The fourth-order valence-corrected chi connectivity index (χ4v) is 1.73. The Morgan fingerprint density at radius 3 is 2.84 bits per heavy atom. The van der Waals surface area contributed by atoms with Gasteiger partial charge in [-0.15, -0.1) is 0 Å². The van der Waals surface area contributed by atoms with Crippen LogP contribution in [0.1, 0.15) is 11.6 Å². The molecule has 0 aliphatic carbocycles.